The van der Waals surface area contributed by atoms with Crippen molar-refractivity contribution in [2.45, 2.75) is 33.5 Å². The number of ether oxygens (including phenoxy) is 3. The largest absolute Gasteiger partial charge is 0.458 e. The molecule has 0 atom stereocenters. The molecule has 2 heterocycles. The minimum atomic E-state index is -0.512. The predicted octanol–water partition coefficient (Wildman–Crippen LogP) is 5.44. The number of H-pyrrole nitrogens is 1. The van der Waals surface area contributed by atoms with Gasteiger partial charge in [0, 0.05) is 41.1 Å². The molecule has 9 nitrogen and oxygen atoms in total. The van der Waals surface area contributed by atoms with Gasteiger partial charge in [-0.15, -0.1) is 0 Å². The third-order valence-corrected chi connectivity index (χ3v) is 5.13. The summed E-state index contributed by atoms with van der Waals surface area (Å²) in [5.74, 6) is 0.550. The van der Waals surface area contributed by atoms with Crippen LogP contribution in [-0.2, 0) is 16.1 Å². The summed E-state index contributed by atoms with van der Waals surface area (Å²) in [5, 5.41) is 12.6. The van der Waals surface area contributed by atoms with Crippen molar-refractivity contribution in [1.29, 1.82) is 0 Å². The summed E-state index contributed by atoms with van der Waals surface area (Å²) in [6, 6.07) is 9.97. The quantitative estimate of drug-likeness (QED) is 0.227. The van der Waals surface area contributed by atoms with Crippen LogP contribution in [0.15, 0.2) is 42.6 Å². The fourth-order valence-electron chi connectivity index (χ4n) is 3.72. The molecule has 0 bridgehead atoms. The van der Waals surface area contributed by atoms with Crippen molar-refractivity contribution in [3.8, 4) is 11.5 Å². The molecule has 170 valence electrons. The lowest BCUT2D eigenvalue weighted by molar-refractivity contribution is -0.384. The van der Waals surface area contributed by atoms with Crippen LogP contribution < -0.4 is 4.74 Å². The Bertz CT molecular complexity index is 1380. The number of nitrogens with one attached hydrogen (secondary N) is 1. The fourth-order valence-corrected chi connectivity index (χ4v) is 3.72. The lowest BCUT2D eigenvalue weighted by Crippen LogP contribution is -2.15. The van der Waals surface area contributed by atoms with Crippen LogP contribution in [0.4, 0.5) is 5.69 Å². The molecule has 0 radical (unpaired) electrons. The monoisotopic (exact) mass is 449 g/mol. The highest BCUT2D eigenvalue weighted by molar-refractivity contribution is 6.11. The Labute approximate surface area is 189 Å². The van der Waals surface area contributed by atoms with E-state index in [2.05, 4.69) is 9.97 Å². The number of nitro benzene ring substituents is 1. The first-order valence-corrected chi connectivity index (χ1v) is 10.3. The highest BCUT2D eigenvalue weighted by atomic mass is 16.6. The van der Waals surface area contributed by atoms with Gasteiger partial charge in [0.1, 0.15) is 11.5 Å². The van der Waals surface area contributed by atoms with E-state index in [9.17, 15) is 14.9 Å². The molecule has 0 spiro atoms. The Kier molecular flexibility index (Phi) is 5.97. The van der Waals surface area contributed by atoms with Gasteiger partial charge in [0.05, 0.1) is 29.3 Å². The van der Waals surface area contributed by atoms with Gasteiger partial charge >= 0.3 is 5.97 Å². The zero-order valence-electron chi connectivity index (χ0n) is 18.7. The van der Waals surface area contributed by atoms with Crippen molar-refractivity contribution in [3.05, 3.63) is 69.5 Å². The minimum Gasteiger partial charge on any atom is -0.458 e. The molecular weight excluding hydrogens is 426 g/mol. The van der Waals surface area contributed by atoms with E-state index in [0.717, 1.165) is 21.8 Å². The van der Waals surface area contributed by atoms with Crippen LogP contribution >= 0.6 is 0 Å². The number of nitro groups is 1. The van der Waals surface area contributed by atoms with Crippen LogP contribution in [0.5, 0.6) is 11.5 Å². The lowest BCUT2D eigenvalue weighted by atomic mass is 10.1. The fraction of sp³-hybridized carbons (Fsp3) is 0.250. The van der Waals surface area contributed by atoms with E-state index >= 15 is 0 Å². The molecule has 0 aliphatic heterocycles. The van der Waals surface area contributed by atoms with E-state index in [1.165, 1.54) is 12.1 Å². The number of aromatic amines is 1. The molecule has 9 heteroatoms. The first-order chi connectivity index (χ1) is 15.8. The predicted molar refractivity (Wildman–Crippen MR) is 123 cm³/mol. The van der Waals surface area contributed by atoms with Crippen molar-refractivity contribution in [2.75, 3.05) is 7.11 Å². The van der Waals surface area contributed by atoms with Crippen molar-refractivity contribution in [2.24, 2.45) is 0 Å². The number of benzene rings is 2. The number of methoxy groups -OCH3 is 1. The summed E-state index contributed by atoms with van der Waals surface area (Å²) in [6.07, 6.45) is 1.32. The number of carbonyl (C=O) groups excluding carboxylic acids is 1. The molecule has 0 saturated carbocycles. The summed E-state index contributed by atoms with van der Waals surface area (Å²) >= 11 is 0. The van der Waals surface area contributed by atoms with Gasteiger partial charge in [0.25, 0.3) is 5.69 Å². The number of pyridine rings is 1. The molecule has 0 aliphatic carbocycles. The van der Waals surface area contributed by atoms with Crippen LogP contribution in [0.2, 0.25) is 0 Å². The summed E-state index contributed by atoms with van der Waals surface area (Å²) in [7, 11) is 1.55. The number of hydrogen-bond acceptors (Lipinski definition) is 7. The molecule has 0 saturated heterocycles. The van der Waals surface area contributed by atoms with Crippen molar-refractivity contribution < 1.29 is 23.9 Å². The van der Waals surface area contributed by atoms with Crippen LogP contribution in [0, 0.1) is 17.0 Å². The van der Waals surface area contributed by atoms with E-state index < -0.39 is 10.9 Å². The number of fused-ring (bicyclic) bond motifs is 3. The number of rotatable bonds is 7. The second-order valence-electron chi connectivity index (χ2n) is 7.90. The van der Waals surface area contributed by atoms with Crippen molar-refractivity contribution in [3.63, 3.8) is 0 Å². The Morgan fingerprint density at radius 1 is 1.18 bits per heavy atom. The third kappa shape index (κ3) is 4.35. The van der Waals surface area contributed by atoms with Crippen molar-refractivity contribution >= 4 is 33.5 Å². The maximum Gasteiger partial charge on any atom is 0.357 e. The van der Waals surface area contributed by atoms with Crippen LogP contribution in [0.3, 0.4) is 0 Å². The Morgan fingerprint density at radius 3 is 2.64 bits per heavy atom. The molecule has 1 N–H and O–H groups in total. The number of esters is 1. The summed E-state index contributed by atoms with van der Waals surface area (Å²) in [4.78, 5) is 30.8. The van der Waals surface area contributed by atoms with Crippen LogP contribution in [0.1, 0.15) is 35.5 Å². The second kappa shape index (κ2) is 8.87. The van der Waals surface area contributed by atoms with E-state index in [1.54, 1.807) is 46.2 Å². The molecule has 4 aromatic rings. The average molecular weight is 449 g/mol. The van der Waals surface area contributed by atoms with Gasteiger partial charge in [0.2, 0.25) is 0 Å². The van der Waals surface area contributed by atoms with E-state index in [-0.39, 0.29) is 24.1 Å². The van der Waals surface area contributed by atoms with Gasteiger partial charge in [-0.2, -0.15) is 0 Å². The minimum absolute atomic E-state index is 0.00412. The van der Waals surface area contributed by atoms with Gasteiger partial charge in [-0.1, -0.05) is 0 Å². The first kappa shape index (κ1) is 22.2. The normalized spacial score (nSPS) is 11.3. The van der Waals surface area contributed by atoms with E-state index in [4.69, 9.17) is 14.2 Å². The zero-order valence-corrected chi connectivity index (χ0v) is 18.7. The maximum absolute atomic E-state index is 12.7. The Balaban J connectivity index is 1.81. The number of aryl methyl sites for hydroxylation is 1. The molecule has 0 unspecified atom stereocenters. The topological polar surface area (TPSA) is 117 Å². The molecule has 2 aromatic heterocycles. The molecular formula is C24H23N3O6. The van der Waals surface area contributed by atoms with Gasteiger partial charge < -0.3 is 19.2 Å². The summed E-state index contributed by atoms with van der Waals surface area (Å²) < 4.78 is 16.8. The maximum atomic E-state index is 12.7. The van der Waals surface area contributed by atoms with Gasteiger partial charge in [-0.05, 0) is 50.6 Å². The van der Waals surface area contributed by atoms with Crippen LogP contribution in [-0.4, -0.2) is 34.1 Å². The smallest absolute Gasteiger partial charge is 0.357 e. The van der Waals surface area contributed by atoms with E-state index in [1.807, 2.05) is 12.1 Å². The van der Waals surface area contributed by atoms with Gasteiger partial charge in [-0.25, -0.2) is 9.78 Å². The second-order valence-corrected chi connectivity index (χ2v) is 7.90. The van der Waals surface area contributed by atoms with Gasteiger partial charge in [0.15, 0.2) is 5.69 Å². The first-order valence-electron chi connectivity index (χ1n) is 10.3. The third-order valence-electron chi connectivity index (χ3n) is 5.13. The Morgan fingerprint density at radius 2 is 1.97 bits per heavy atom. The Hall–Kier alpha value is -3.98. The highest BCUT2D eigenvalue weighted by Gasteiger charge is 2.21. The van der Waals surface area contributed by atoms with Crippen molar-refractivity contribution in [1.82, 2.24) is 9.97 Å². The number of hydrogen-bond donors (Lipinski definition) is 1. The lowest BCUT2D eigenvalue weighted by Gasteiger charge is -2.12. The molecule has 4 rings (SSSR count). The number of aromatic nitrogens is 2. The molecule has 0 amide bonds. The molecule has 33 heavy (non-hydrogen) atoms. The number of non-ortho nitro benzene ring substituents is 1. The van der Waals surface area contributed by atoms with E-state index in [0.29, 0.717) is 22.6 Å². The highest BCUT2D eigenvalue weighted by Crippen LogP contribution is 2.35. The average Bonchev–Trinajstić information content (AvgIpc) is 3.13. The van der Waals surface area contributed by atoms with Crippen LogP contribution in [0.25, 0.3) is 21.8 Å². The SMILES string of the molecule is COCc1c(C(=O)OC(C)C)ncc2[nH]c3ccc(Oc4ccc([N+](=O)[O-])cc4C)cc3c12. The summed E-state index contributed by atoms with van der Waals surface area (Å²) in [5.41, 5.74) is 3.07. The molecule has 2 aromatic carbocycles. The van der Waals surface area contributed by atoms with Gasteiger partial charge in [-0.3, -0.25) is 10.1 Å². The standard InChI is InChI=1S/C24H23N3O6/c1-13(2)32-24(28)23-18(12-31-4)22-17-10-16(6-7-19(17)26-20(22)11-25-23)33-21-8-5-15(27(29)30)9-14(21)3/h5-11,13,26H,12H2,1-4H3. The zero-order chi connectivity index (χ0) is 23.7. The number of carbonyl (C=O) groups is 1. The molecule has 0 aliphatic rings. The summed E-state index contributed by atoms with van der Waals surface area (Å²) in [6.45, 7) is 5.48. The molecule has 0 fully saturated rings. The number of nitrogens with zero attached hydrogens (tertiary/aromatic N) is 2.